The lowest BCUT2D eigenvalue weighted by atomic mass is 10.1. The normalized spacial score (nSPS) is 11.0. The lowest BCUT2D eigenvalue weighted by Gasteiger charge is -2.10. The quantitative estimate of drug-likeness (QED) is 0.804. The van der Waals surface area contributed by atoms with E-state index in [9.17, 15) is 18.0 Å². The number of halogens is 1. The topological polar surface area (TPSA) is 101 Å². The first kappa shape index (κ1) is 17.0. The zero-order valence-corrected chi connectivity index (χ0v) is 13.5. The Balaban J connectivity index is 2.37. The molecule has 0 aliphatic rings. The standard InChI is InChI=1S/C15H12ClNO5S/c1-9(18)10-2-5-12(6-3-10)17-23(21,22)14-8-11(15(19)20)4-7-13(14)16/h2-8,17H,1H3,(H,19,20). The molecule has 2 N–H and O–H groups in total. The SMILES string of the molecule is CC(=O)c1ccc(NS(=O)(=O)c2cc(C(=O)O)ccc2Cl)cc1. The zero-order chi connectivity index (χ0) is 17.2. The smallest absolute Gasteiger partial charge is 0.335 e. The van der Waals surface area contributed by atoms with Crippen LogP contribution >= 0.6 is 11.6 Å². The summed E-state index contributed by atoms with van der Waals surface area (Å²) < 4.78 is 27.0. The molecule has 2 aromatic carbocycles. The summed E-state index contributed by atoms with van der Waals surface area (Å²) in [7, 11) is -4.06. The van der Waals surface area contributed by atoms with Crippen LogP contribution in [-0.2, 0) is 10.0 Å². The number of benzene rings is 2. The van der Waals surface area contributed by atoms with Crippen LogP contribution in [0.1, 0.15) is 27.6 Å². The second-order valence-corrected chi connectivity index (χ2v) is 6.75. The first-order valence-corrected chi connectivity index (χ1v) is 8.23. The third-order valence-electron chi connectivity index (χ3n) is 3.01. The average molecular weight is 354 g/mol. The lowest BCUT2D eigenvalue weighted by Crippen LogP contribution is -2.14. The highest BCUT2D eigenvalue weighted by atomic mass is 35.5. The van der Waals surface area contributed by atoms with Crippen LogP contribution in [0.2, 0.25) is 5.02 Å². The van der Waals surface area contributed by atoms with Crippen molar-refractivity contribution in [1.82, 2.24) is 0 Å². The van der Waals surface area contributed by atoms with E-state index in [1.807, 2.05) is 0 Å². The summed E-state index contributed by atoms with van der Waals surface area (Å²) in [5.41, 5.74) is 0.479. The molecule has 0 unspecified atom stereocenters. The van der Waals surface area contributed by atoms with Crippen molar-refractivity contribution in [2.24, 2.45) is 0 Å². The Morgan fingerprint density at radius 2 is 1.61 bits per heavy atom. The van der Waals surface area contributed by atoms with Gasteiger partial charge in [-0.3, -0.25) is 9.52 Å². The van der Waals surface area contributed by atoms with Gasteiger partial charge in [-0.2, -0.15) is 0 Å². The van der Waals surface area contributed by atoms with Crippen LogP contribution in [0.15, 0.2) is 47.4 Å². The number of carbonyl (C=O) groups is 2. The molecule has 0 radical (unpaired) electrons. The van der Waals surface area contributed by atoms with Crippen LogP contribution in [0.4, 0.5) is 5.69 Å². The van der Waals surface area contributed by atoms with E-state index in [0.717, 1.165) is 6.07 Å². The van der Waals surface area contributed by atoms with E-state index in [0.29, 0.717) is 5.56 Å². The van der Waals surface area contributed by atoms with Crippen molar-refractivity contribution in [3.63, 3.8) is 0 Å². The van der Waals surface area contributed by atoms with Gasteiger partial charge in [0.05, 0.1) is 10.6 Å². The predicted octanol–water partition coefficient (Wildman–Crippen LogP) is 3.04. The largest absolute Gasteiger partial charge is 0.478 e. The number of Topliss-reactive ketones (excluding diaryl/α,β-unsaturated/α-hetero) is 1. The highest BCUT2D eigenvalue weighted by molar-refractivity contribution is 7.92. The number of aromatic carboxylic acids is 1. The van der Waals surface area contributed by atoms with Crippen molar-refractivity contribution in [2.75, 3.05) is 4.72 Å². The molecule has 2 aromatic rings. The number of carbonyl (C=O) groups excluding carboxylic acids is 1. The molecule has 23 heavy (non-hydrogen) atoms. The van der Waals surface area contributed by atoms with Crippen molar-refractivity contribution in [3.8, 4) is 0 Å². The van der Waals surface area contributed by atoms with Crippen LogP contribution in [0.5, 0.6) is 0 Å². The lowest BCUT2D eigenvalue weighted by molar-refractivity contribution is 0.0696. The molecule has 0 atom stereocenters. The van der Waals surface area contributed by atoms with Crippen molar-refractivity contribution in [1.29, 1.82) is 0 Å². The fourth-order valence-corrected chi connectivity index (χ4v) is 3.41. The number of nitrogens with one attached hydrogen (secondary N) is 1. The van der Waals surface area contributed by atoms with E-state index in [1.165, 1.54) is 43.3 Å². The minimum Gasteiger partial charge on any atom is -0.478 e. The van der Waals surface area contributed by atoms with E-state index in [1.54, 1.807) is 0 Å². The maximum atomic E-state index is 12.4. The molecule has 0 aromatic heterocycles. The van der Waals surface area contributed by atoms with E-state index < -0.39 is 16.0 Å². The van der Waals surface area contributed by atoms with Crippen LogP contribution in [0.25, 0.3) is 0 Å². The van der Waals surface area contributed by atoms with Gasteiger partial charge in [-0.1, -0.05) is 11.6 Å². The van der Waals surface area contributed by atoms with Crippen LogP contribution in [0, 0.1) is 0 Å². The van der Waals surface area contributed by atoms with Crippen molar-refractivity contribution in [2.45, 2.75) is 11.8 Å². The molecule has 0 aliphatic carbocycles. The molecule has 6 nitrogen and oxygen atoms in total. The molecule has 0 fully saturated rings. The number of carboxylic acids is 1. The molecular weight excluding hydrogens is 342 g/mol. The number of carboxylic acid groups (broad SMARTS) is 1. The van der Waals surface area contributed by atoms with E-state index in [4.69, 9.17) is 16.7 Å². The third-order valence-corrected chi connectivity index (χ3v) is 4.87. The molecule has 0 amide bonds. The number of ketones is 1. The number of anilines is 1. The third kappa shape index (κ3) is 3.88. The van der Waals surface area contributed by atoms with Gasteiger partial charge in [-0.15, -0.1) is 0 Å². The van der Waals surface area contributed by atoms with Gasteiger partial charge in [0, 0.05) is 11.3 Å². The fourth-order valence-electron chi connectivity index (χ4n) is 1.83. The van der Waals surface area contributed by atoms with Crippen LogP contribution in [-0.4, -0.2) is 25.3 Å². The summed E-state index contributed by atoms with van der Waals surface area (Å²) in [6, 6.07) is 9.23. The zero-order valence-electron chi connectivity index (χ0n) is 11.9. The van der Waals surface area contributed by atoms with E-state index >= 15 is 0 Å². The predicted molar refractivity (Wildman–Crippen MR) is 85.7 cm³/mol. The van der Waals surface area contributed by atoms with Gasteiger partial charge in [0.1, 0.15) is 4.90 Å². The summed E-state index contributed by atoms with van der Waals surface area (Å²) in [4.78, 5) is 21.8. The molecule has 0 heterocycles. The van der Waals surface area contributed by atoms with Gasteiger partial charge in [-0.25, -0.2) is 13.2 Å². The first-order chi connectivity index (χ1) is 10.7. The summed E-state index contributed by atoms with van der Waals surface area (Å²) >= 11 is 5.86. The highest BCUT2D eigenvalue weighted by Crippen LogP contribution is 2.25. The fraction of sp³-hybridized carbons (Fsp3) is 0.0667. The monoisotopic (exact) mass is 353 g/mol. The van der Waals surface area contributed by atoms with Crippen molar-refractivity contribution < 1.29 is 23.1 Å². The Labute approximate surface area is 137 Å². The molecule has 0 bridgehead atoms. The van der Waals surface area contributed by atoms with Gasteiger partial charge in [0.15, 0.2) is 5.78 Å². The van der Waals surface area contributed by atoms with Gasteiger partial charge < -0.3 is 5.11 Å². The Hall–Kier alpha value is -2.38. The van der Waals surface area contributed by atoms with E-state index in [2.05, 4.69) is 4.72 Å². The molecule has 0 saturated carbocycles. The molecule has 0 saturated heterocycles. The van der Waals surface area contributed by atoms with Gasteiger partial charge in [-0.05, 0) is 49.4 Å². The summed E-state index contributed by atoms with van der Waals surface area (Å²) in [5, 5.41) is 8.85. The van der Waals surface area contributed by atoms with Crippen molar-refractivity contribution in [3.05, 3.63) is 58.6 Å². The number of hydrogen-bond donors (Lipinski definition) is 2. The number of sulfonamides is 1. The van der Waals surface area contributed by atoms with E-state index in [-0.39, 0.29) is 27.0 Å². The number of rotatable bonds is 5. The summed E-state index contributed by atoms with van der Waals surface area (Å²) in [6.07, 6.45) is 0. The van der Waals surface area contributed by atoms with Gasteiger partial charge >= 0.3 is 5.97 Å². The minimum absolute atomic E-state index is 0.0946. The minimum atomic E-state index is -4.06. The van der Waals surface area contributed by atoms with Crippen LogP contribution in [0.3, 0.4) is 0 Å². The number of hydrogen-bond acceptors (Lipinski definition) is 4. The Bertz CT molecular complexity index is 875. The molecule has 2 rings (SSSR count). The maximum absolute atomic E-state index is 12.4. The maximum Gasteiger partial charge on any atom is 0.335 e. The first-order valence-electron chi connectivity index (χ1n) is 6.37. The second kappa shape index (κ2) is 6.39. The molecule has 8 heteroatoms. The summed E-state index contributed by atoms with van der Waals surface area (Å²) in [5.74, 6) is -1.40. The molecule has 0 spiro atoms. The Morgan fingerprint density at radius 3 is 2.13 bits per heavy atom. The molecule has 120 valence electrons. The molecule has 0 aliphatic heterocycles. The Kier molecular flexibility index (Phi) is 4.72. The van der Waals surface area contributed by atoms with Gasteiger partial charge in [0.2, 0.25) is 0 Å². The second-order valence-electron chi connectivity index (χ2n) is 4.69. The summed E-state index contributed by atoms with van der Waals surface area (Å²) in [6.45, 7) is 1.40. The van der Waals surface area contributed by atoms with Crippen molar-refractivity contribution >= 4 is 39.1 Å². The van der Waals surface area contributed by atoms with Crippen LogP contribution < -0.4 is 4.72 Å². The average Bonchev–Trinajstić information content (AvgIpc) is 2.47. The highest BCUT2D eigenvalue weighted by Gasteiger charge is 2.20. The Morgan fingerprint density at radius 1 is 1.04 bits per heavy atom. The molecular formula is C15H12ClNO5S. The van der Waals surface area contributed by atoms with Gasteiger partial charge in [0.25, 0.3) is 10.0 Å².